The molecular weight excluding hydrogens is 267 g/mol. The summed E-state index contributed by atoms with van der Waals surface area (Å²) in [5.41, 5.74) is 1.88. The maximum Gasteiger partial charge on any atom is 0.127 e. The Kier molecular flexibility index (Phi) is 4.40. The summed E-state index contributed by atoms with van der Waals surface area (Å²) in [6.07, 6.45) is 1.55. The minimum absolute atomic E-state index is 0.265. The highest BCUT2D eigenvalue weighted by Crippen LogP contribution is 2.31. The summed E-state index contributed by atoms with van der Waals surface area (Å²) in [5, 5.41) is 0.946. The maximum absolute atomic E-state index is 11.3. The SMILES string of the molecule is O=CC(Cc1ccccc1)c1cccc(Cl)c1Cl. The second kappa shape index (κ2) is 6.03. The average Bonchev–Trinajstić information content (AvgIpc) is 2.41. The first-order valence-electron chi connectivity index (χ1n) is 5.65. The Morgan fingerprint density at radius 2 is 1.72 bits per heavy atom. The monoisotopic (exact) mass is 278 g/mol. The predicted octanol–water partition coefficient (Wildman–Crippen LogP) is 4.52. The van der Waals surface area contributed by atoms with Crippen molar-refractivity contribution in [2.45, 2.75) is 12.3 Å². The first-order valence-corrected chi connectivity index (χ1v) is 6.41. The lowest BCUT2D eigenvalue weighted by atomic mass is 9.93. The van der Waals surface area contributed by atoms with Crippen molar-refractivity contribution in [1.82, 2.24) is 0 Å². The minimum Gasteiger partial charge on any atom is -0.303 e. The Balaban J connectivity index is 2.29. The molecule has 1 nitrogen and oxygen atoms in total. The van der Waals surface area contributed by atoms with Crippen molar-refractivity contribution in [3.63, 3.8) is 0 Å². The average molecular weight is 279 g/mol. The molecule has 92 valence electrons. The summed E-state index contributed by atoms with van der Waals surface area (Å²) in [7, 11) is 0. The van der Waals surface area contributed by atoms with Crippen molar-refractivity contribution < 1.29 is 4.79 Å². The molecule has 0 aliphatic carbocycles. The van der Waals surface area contributed by atoms with Gasteiger partial charge in [0.2, 0.25) is 0 Å². The van der Waals surface area contributed by atoms with Gasteiger partial charge in [-0.15, -0.1) is 0 Å². The molecule has 0 amide bonds. The van der Waals surface area contributed by atoms with Gasteiger partial charge in [-0.05, 0) is 23.6 Å². The van der Waals surface area contributed by atoms with Crippen LogP contribution in [0.15, 0.2) is 48.5 Å². The van der Waals surface area contributed by atoms with Gasteiger partial charge in [0.25, 0.3) is 0 Å². The summed E-state index contributed by atoms with van der Waals surface area (Å²) < 4.78 is 0. The number of carbonyl (C=O) groups is 1. The fourth-order valence-electron chi connectivity index (χ4n) is 1.91. The van der Waals surface area contributed by atoms with Crippen LogP contribution in [0, 0.1) is 0 Å². The molecule has 0 bridgehead atoms. The van der Waals surface area contributed by atoms with Crippen molar-refractivity contribution in [2.75, 3.05) is 0 Å². The van der Waals surface area contributed by atoms with Crippen LogP contribution in [0.4, 0.5) is 0 Å². The van der Waals surface area contributed by atoms with Crippen molar-refractivity contribution in [1.29, 1.82) is 0 Å². The third-order valence-corrected chi connectivity index (χ3v) is 3.68. The van der Waals surface area contributed by atoms with Gasteiger partial charge in [-0.25, -0.2) is 0 Å². The van der Waals surface area contributed by atoms with Crippen LogP contribution in [0.5, 0.6) is 0 Å². The van der Waals surface area contributed by atoms with Gasteiger partial charge >= 0.3 is 0 Å². The molecular formula is C15H12Cl2O. The minimum atomic E-state index is -0.265. The van der Waals surface area contributed by atoms with Gasteiger partial charge in [0, 0.05) is 5.92 Å². The highest BCUT2D eigenvalue weighted by atomic mass is 35.5. The topological polar surface area (TPSA) is 17.1 Å². The Morgan fingerprint density at radius 3 is 2.39 bits per heavy atom. The van der Waals surface area contributed by atoms with Crippen LogP contribution < -0.4 is 0 Å². The Hall–Kier alpha value is -1.31. The van der Waals surface area contributed by atoms with Gasteiger partial charge in [-0.2, -0.15) is 0 Å². The number of hydrogen-bond donors (Lipinski definition) is 0. The maximum atomic E-state index is 11.3. The third kappa shape index (κ3) is 2.92. The van der Waals surface area contributed by atoms with Gasteiger partial charge in [0.05, 0.1) is 10.0 Å². The molecule has 0 aliphatic heterocycles. The quantitative estimate of drug-likeness (QED) is 0.752. The van der Waals surface area contributed by atoms with E-state index in [0.29, 0.717) is 16.5 Å². The largest absolute Gasteiger partial charge is 0.303 e. The second-order valence-electron chi connectivity index (χ2n) is 4.08. The molecule has 0 saturated carbocycles. The van der Waals surface area contributed by atoms with Gasteiger partial charge in [0.15, 0.2) is 0 Å². The van der Waals surface area contributed by atoms with E-state index in [2.05, 4.69) is 0 Å². The Labute approximate surface area is 116 Å². The lowest BCUT2D eigenvalue weighted by Gasteiger charge is -2.13. The van der Waals surface area contributed by atoms with Crippen LogP contribution in [0.2, 0.25) is 10.0 Å². The normalized spacial score (nSPS) is 12.1. The van der Waals surface area contributed by atoms with Crippen LogP contribution >= 0.6 is 23.2 Å². The van der Waals surface area contributed by atoms with E-state index in [1.54, 1.807) is 6.07 Å². The molecule has 0 aliphatic rings. The fourth-order valence-corrected chi connectivity index (χ4v) is 2.35. The van der Waals surface area contributed by atoms with E-state index in [-0.39, 0.29) is 5.92 Å². The first-order chi connectivity index (χ1) is 8.72. The second-order valence-corrected chi connectivity index (χ2v) is 4.86. The number of rotatable bonds is 4. The van der Waals surface area contributed by atoms with Gasteiger partial charge in [0.1, 0.15) is 6.29 Å². The Morgan fingerprint density at radius 1 is 1.00 bits per heavy atom. The standard InChI is InChI=1S/C15H12Cl2O/c16-14-8-4-7-13(15(14)17)12(10-18)9-11-5-2-1-3-6-11/h1-8,10,12H,9H2. The first kappa shape index (κ1) is 13.1. The van der Waals surface area contributed by atoms with Gasteiger partial charge in [-0.3, -0.25) is 0 Å². The van der Waals surface area contributed by atoms with E-state index in [9.17, 15) is 4.79 Å². The summed E-state index contributed by atoms with van der Waals surface area (Å²) in [4.78, 5) is 11.3. The molecule has 18 heavy (non-hydrogen) atoms. The third-order valence-electron chi connectivity index (χ3n) is 2.84. The number of hydrogen-bond acceptors (Lipinski definition) is 1. The number of aldehydes is 1. The van der Waals surface area contributed by atoms with Crippen LogP contribution in [-0.4, -0.2) is 6.29 Å². The molecule has 0 N–H and O–H groups in total. The fraction of sp³-hybridized carbons (Fsp3) is 0.133. The van der Waals surface area contributed by atoms with Gasteiger partial charge in [-0.1, -0.05) is 65.7 Å². The van der Waals surface area contributed by atoms with E-state index in [1.807, 2.05) is 42.5 Å². The highest BCUT2D eigenvalue weighted by Gasteiger charge is 2.16. The zero-order valence-corrected chi connectivity index (χ0v) is 11.2. The lowest BCUT2D eigenvalue weighted by molar-refractivity contribution is -0.109. The molecule has 2 aromatic carbocycles. The molecule has 3 heteroatoms. The van der Waals surface area contributed by atoms with Crippen molar-refractivity contribution in [3.05, 3.63) is 69.7 Å². The summed E-state index contributed by atoms with van der Waals surface area (Å²) in [6, 6.07) is 15.2. The highest BCUT2D eigenvalue weighted by molar-refractivity contribution is 6.42. The van der Waals surface area contributed by atoms with Crippen LogP contribution in [0.3, 0.4) is 0 Å². The van der Waals surface area contributed by atoms with Crippen molar-refractivity contribution in [2.24, 2.45) is 0 Å². The smallest absolute Gasteiger partial charge is 0.127 e. The summed E-state index contributed by atoms with van der Waals surface area (Å²) in [5.74, 6) is -0.265. The van der Waals surface area contributed by atoms with Gasteiger partial charge < -0.3 is 4.79 Å². The zero-order valence-electron chi connectivity index (χ0n) is 9.64. The predicted molar refractivity (Wildman–Crippen MR) is 75.4 cm³/mol. The molecule has 1 unspecified atom stereocenters. The molecule has 0 radical (unpaired) electrons. The molecule has 0 spiro atoms. The molecule has 2 rings (SSSR count). The van der Waals surface area contributed by atoms with Crippen LogP contribution in [0.1, 0.15) is 17.0 Å². The number of benzene rings is 2. The molecule has 0 aromatic heterocycles. The van der Waals surface area contributed by atoms with E-state index < -0.39 is 0 Å². The number of halogens is 2. The molecule has 0 heterocycles. The van der Waals surface area contributed by atoms with Crippen LogP contribution in [0.25, 0.3) is 0 Å². The van der Waals surface area contributed by atoms with Crippen molar-refractivity contribution in [3.8, 4) is 0 Å². The number of carbonyl (C=O) groups excluding carboxylic acids is 1. The zero-order chi connectivity index (χ0) is 13.0. The molecule has 1 atom stereocenters. The van der Waals surface area contributed by atoms with E-state index >= 15 is 0 Å². The Bertz CT molecular complexity index is 537. The van der Waals surface area contributed by atoms with E-state index in [0.717, 1.165) is 17.4 Å². The summed E-state index contributed by atoms with van der Waals surface area (Å²) in [6.45, 7) is 0. The molecule has 2 aromatic rings. The van der Waals surface area contributed by atoms with E-state index in [4.69, 9.17) is 23.2 Å². The molecule has 0 saturated heterocycles. The lowest BCUT2D eigenvalue weighted by Crippen LogP contribution is -2.05. The summed E-state index contributed by atoms with van der Waals surface area (Å²) >= 11 is 12.1. The molecule has 0 fully saturated rings. The van der Waals surface area contributed by atoms with Crippen molar-refractivity contribution >= 4 is 29.5 Å². The van der Waals surface area contributed by atoms with E-state index in [1.165, 1.54) is 0 Å². The van der Waals surface area contributed by atoms with Crippen LogP contribution in [-0.2, 0) is 11.2 Å².